The van der Waals surface area contributed by atoms with E-state index in [0.29, 0.717) is 13.0 Å². The molecule has 0 spiro atoms. The molecule has 1 unspecified atom stereocenters. The maximum Gasteiger partial charge on any atom is 0.389 e. The summed E-state index contributed by atoms with van der Waals surface area (Å²) in [5.41, 5.74) is -0.627. The Kier molecular flexibility index (Phi) is 8.61. The van der Waals surface area contributed by atoms with Crippen molar-refractivity contribution in [2.24, 2.45) is 0 Å². The van der Waals surface area contributed by atoms with Gasteiger partial charge < -0.3 is 15.3 Å². The number of alkyl halides is 3. The third kappa shape index (κ3) is 9.24. The first-order valence-electron chi connectivity index (χ1n) is 6.91. The van der Waals surface area contributed by atoms with Crippen molar-refractivity contribution in [3.8, 4) is 0 Å². The van der Waals surface area contributed by atoms with Gasteiger partial charge in [-0.1, -0.05) is 13.8 Å². The lowest BCUT2D eigenvalue weighted by atomic mass is 9.95. The molecule has 2 N–H and O–H groups in total. The van der Waals surface area contributed by atoms with Crippen molar-refractivity contribution in [2.75, 3.05) is 32.8 Å². The fraction of sp³-hybridized carbons (Fsp3) is 1.00. The minimum absolute atomic E-state index is 0.0405. The van der Waals surface area contributed by atoms with Crippen LogP contribution in [0.5, 0.6) is 0 Å². The van der Waals surface area contributed by atoms with Gasteiger partial charge >= 0.3 is 6.18 Å². The van der Waals surface area contributed by atoms with Crippen LogP contribution in [0.1, 0.15) is 40.0 Å². The van der Waals surface area contributed by atoms with Crippen LogP contribution < -0.4 is 5.32 Å². The molecule has 0 rings (SSSR count). The smallest absolute Gasteiger partial charge is 0.389 e. The molecular weight excluding hydrogens is 257 g/mol. The van der Waals surface area contributed by atoms with E-state index in [1.165, 1.54) is 0 Å². The van der Waals surface area contributed by atoms with E-state index in [9.17, 15) is 18.3 Å². The summed E-state index contributed by atoms with van der Waals surface area (Å²) in [5, 5.41) is 12.5. The molecule has 0 saturated carbocycles. The second kappa shape index (κ2) is 8.76. The highest BCUT2D eigenvalue weighted by Gasteiger charge is 2.29. The number of aliphatic hydroxyl groups excluding tert-OH is 1. The van der Waals surface area contributed by atoms with Gasteiger partial charge in [0, 0.05) is 25.0 Å². The molecule has 6 heteroatoms. The van der Waals surface area contributed by atoms with Crippen LogP contribution in [0.3, 0.4) is 0 Å². The van der Waals surface area contributed by atoms with Crippen molar-refractivity contribution < 1.29 is 18.3 Å². The summed E-state index contributed by atoms with van der Waals surface area (Å²) in [4.78, 5) is 2.22. The average molecular weight is 284 g/mol. The molecule has 0 saturated heterocycles. The fourth-order valence-corrected chi connectivity index (χ4v) is 1.96. The van der Waals surface area contributed by atoms with Crippen molar-refractivity contribution in [3.63, 3.8) is 0 Å². The summed E-state index contributed by atoms with van der Waals surface area (Å²) in [6.45, 7) is 9.15. The van der Waals surface area contributed by atoms with E-state index in [-0.39, 0.29) is 13.0 Å². The normalized spacial score (nSPS) is 15.8. The maximum absolute atomic E-state index is 12.1. The molecule has 0 aliphatic rings. The number of nitrogens with one attached hydrogen (secondary N) is 1. The van der Waals surface area contributed by atoms with Gasteiger partial charge in [0.15, 0.2) is 0 Å². The predicted octanol–water partition coefficient (Wildman–Crippen LogP) is 2.40. The molecule has 0 aromatic rings. The van der Waals surface area contributed by atoms with Crippen LogP contribution in [0.15, 0.2) is 0 Å². The number of hydrogen-bond donors (Lipinski definition) is 2. The Labute approximate surface area is 114 Å². The topological polar surface area (TPSA) is 35.5 Å². The first-order valence-corrected chi connectivity index (χ1v) is 6.91. The van der Waals surface area contributed by atoms with Crippen LogP contribution in [-0.2, 0) is 0 Å². The second-order valence-corrected chi connectivity index (χ2v) is 5.14. The first-order chi connectivity index (χ1) is 8.76. The van der Waals surface area contributed by atoms with Crippen molar-refractivity contribution in [2.45, 2.75) is 51.7 Å². The van der Waals surface area contributed by atoms with Crippen LogP contribution in [0.4, 0.5) is 13.2 Å². The van der Waals surface area contributed by atoms with E-state index in [4.69, 9.17) is 0 Å². The Balaban J connectivity index is 4.01. The van der Waals surface area contributed by atoms with Crippen LogP contribution in [0.25, 0.3) is 0 Å². The van der Waals surface area contributed by atoms with E-state index in [2.05, 4.69) is 24.1 Å². The quantitative estimate of drug-likeness (QED) is 0.646. The molecule has 0 heterocycles. The van der Waals surface area contributed by atoms with Crippen LogP contribution in [0.2, 0.25) is 0 Å². The highest BCUT2D eigenvalue weighted by molar-refractivity contribution is 4.82. The molecule has 19 heavy (non-hydrogen) atoms. The Morgan fingerprint density at radius 2 is 1.68 bits per heavy atom. The average Bonchev–Trinajstić information content (AvgIpc) is 2.33. The molecule has 0 aromatic carbocycles. The van der Waals surface area contributed by atoms with E-state index >= 15 is 0 Å². The van der Waals surface area contributed by atoms with Crippen molar-refractivity contribution in [3.05, 3.63) is 0 Å². The second-order valence-electron chi connectivity index (χ2n) is 5.14. The van der Waals surface area contributed by atoms with E-state index in [1.807, 2.05) is 0 Å². The molecule has 1 atom stereocenters. The SMILES string of the molecule is CCN(CC)CCNC(C)(CO)CCCC(F)(F)F. The minimum Gasteiger partial charge on any atom is -0.394 e. The molecule has 0 aromatic heterocycles. The van der Waals surface area contributed by atoms with Crippen molar-refractivity contribution in [1.29, 1.82) is 0 Å². The van der Waals surface area contributed by atoms with Gasteiger partial charge in [-0.05, 0) is 32.9 Å². The first kappa shape index (κ1) is 18.7. The van der Waals surface area contributed by atoms with Gasteiger partial charge in [0.05, 0.1) is 6.61 Å². The monoisotopic (exact) mass is 284 g/mol. The van der Waals surface area contributed by atoms with Gasteiger partial charge in [-0.2, -0.15) is 13.2 Å². The van der Waals surface area contributed by atoms with E-state index in [0.717, 1.165) is 19.6 Å². The molecule has 116 valence electrons. The predicted molar refractivity (Wildman–Crippen MR) is 71.2 cm³/mol. The van der Waals surface area contributed by atoms with Gasteiger partial charge in [-0.25, -0.2) is 0 Å². The van der Waals surface area contributed by atoms with Crippen LogP contribution >= 0.6 is 0 Å². The lowest BCUT2D eigenvalue weighted by Crippen LogP contribution is -2.48. The van der Waals surface area contributed by atoms with Crippen molar-refractivity contribution >= 4 is 0 Å². The number of hydrogen-bond acceptors (Lipinski definition) is 3. The van der Waals surface area contributed by atoms with Gasteiger partial charge in [0.1, 0.15) is 0 Å². The summed E-state index contributed by atoms with van der Waals surface area (Å²) in [7, 11) is 0. The number of aliphatic hydroxyl groups is 1. The molecule has 3 nitrogen and oxygen atoms in total. The Morgan fingerprint density at radius 3 is 2.11 bits per heavy atom. The largest absolute Gasteiger partial charge is 0.394 e. The van der Waals surface area contributed by atoms with Crippen LogP contribution in [0, 0.1) is 0 Å². The third-order valence-corrected chi connectivity index (χ3v) is 3.41. The molecule has 0 amide bonds. The van der Waals surface area contributed by atoms with Crippen molar-refractivity contribution in [1.82, 2.24) is 10.2 Å². The molecular formula is C13H27F3N2O. The summed E-state index contributed by atoms with van der Waals surface area (Å²) < 4.78 is 36.3. The molecule has 0 bridgehead atoms. The number of halogens is 3. The third-order valence-electron chi connectivity index (χ3n) is 3.41. The number of likely N-dealkylation sites (N-methyl/N-ethyl adjacent to an activating group) is 1. The van der Waals surface area contributed by atoms with Gasteiger partial charge in [0.25, 0.3) is 0 Å². The summed E-state index contributed by atoms with van der Waals surface area (Å²) in [6.07, 6.45) is -4.54. The van der Waals surface area contributed by atoms with Gasteiger partial charge in [-0.3, -0.25) is 0 Å². The van der Waals surface area contributed by atoms with E-state index < -0.39 is 18.1 Å². The number of rotatable bonds is 10. The summed E-state index contributed by atoms with van der Waals surface area (Å²) >= 11 is 0. The highest BCUT2D eigenvalue weighted by atomic mass is 19.4. The molecule has 0 fully saturated rings. The number of nitrogens with zero attached hydrogens (tertiary/aromatic N) is 1. The Hall–Kier alpha value is -0.330. The van der Waals surface area contributed by atoms with Crippen LogP contribution in [-0.4, -0.2) is 54.5 Å². The maximum atomic E-state index is 12.1. The summed E-state index contributed by atoms with van der Waals surface area (Å²) in [6, 6.07) is 0. The lowest BCUT2D eigenvalue weighted by molar-refractivity contribution is -0.136. The zero-order chi connectivity index (χ0) is 14.9. The molecule has 0 aliphatic heterocycles. The zero-order valence-electron chi connectivity index (χ0n) is 12.2. The summed E-state index contributed by atoms with van der Waals surface area (Å²) in [5.74, 6) is 0. The Morgan fingerprint density at radius 1 is 1.11 bits per heavy atom. The molecule has 0 radical (unpaired) electrons. The lowest BCUT2D eigenvalue weighted by Gasteiger charge is -2.30. The highest BCUT2D eigenvalue weighted by Crippen LogP contribution is 2.24. The standard InChI is InChI=1S/C13H27F3N2O/c1-4-18(5-2)10-9-17-12(3,11-19)7-6-8-13(14,15)16/h17,19H,4-11H2,1-3H3. The van der Waals surface area contributed by atoms with Gasteiger partial charge in [0.2, 0.25) is 0 Å². The zero-order valence-corrected chi connectivity index (χ0v) is 12.2. The van der Waals surface area contributed by atoms with Gasteiger partial charge in [-0.15, -0.1) is 0 Å². The molecule has 0 aliphatic carbocycles. The van der Waals surface area contributed by atoms with E-state index in [1.54, 1.807) is 6.92 Å². The fourth-order valence-electron chi connectivity index (χ4n) is 1.96. The minimum atomic E-state index is -4.11. The Bertz CT molecular complexity index is 232.